The molecule has 1 fully saturated rings. The third-order valence-corrected chi connectivity index (χ3v) is 3.82. The largest absolute Gasteiger partial charge is 0.383 e. The first-order valence-corrected chi connectivity index (χ1v) is 6.88. The maximum Gasteiger partial charge on any atom is 0.0589 e. The molecule has 1 saturated heterocycles. The smallest absolute Gasteiger partial charge is 0.0589 e. The number of hydrogen-bond acceptors (Lipinski definition) is 5. The van der Waals surface area contributed by atoms with Crippen molar-refractivity contribution in [3.63, 3.8) is 0 Å². The van der Waals surface area contributed by atoms with Crippen molar-refractivity contribution in [3.05, 3.63) is 17.5 Å². The molecule has 2 heterocycles. The van der Waals surface area contributed by atoms with E-state index in [0.717, 1.165) is 51.4 Å². The second-order valence-electron chi connectivity index (χ2n) is 5.05. The number of rotatable bonds is 6. The lowest BCUT2D eigenvalue weighted by molar-refractivity contribution is 0.0925. The van der Waals surface area contributed by atoms with E-state index in [1.165, 1.54) is 5.69 Å². The number of piperazine rings is 1. The third-order valence-electron chi connectivity index (χ3n) is 3.82. The van der Waals surface area contributed by atoms with Crippen LogP contribution in [0.1, 0.15) is 11.3 Å². The van der Waals surface area contributed by atoms with Gasteiger partial charge in [-0.05, 0) is 0 Å². The van der Waals surface area contributed by atoms with Gasteiger partial charge in [0.15, 0.2) is 0 Å². The van der Waals surface area contributed by atoms with E-state index in [1.807, 2.05) is 17.9 Å². The van der Waals surface area contributed by atoms with Crippen molar-refractivity contribution in [2.75, 3.05) is 46.4 Å². The second kappa shape index (κ2) is 7.00. The first kappa shape index (κ1) is 14.5. The van der Waals surface area contributed by atoms with Crippen molar-refractivity contribution in [1.29, 1.82) is 0 Å². The average molecular weight is 267 g/mol. The van der Waals surface area contributed by atoms with Crippen LogP contribution in [0.2, 0.25) is 0 Å². The van der Waals surface area contributed by atoms with E-state index in [4.69, 9.17) is 10.5 Å². The van der Waals surface area contributed by atoms with Gasteiger partial charge in [-0.2, -0.15) is 5.10 Å². The van der Waals surface area contributed by atoms with Crippen LogP contribution in [0, 0.1) is 0 Å². The quantitative estimate of drug-likeness (QED) is 0.763. The van der Waals surface area contributed by atoms with Crippen LogP contribution in [-0.2, 0) is 24.9 Å². The molecule has 0 radical (unpaired) electrons. The molecule has 1 aliphatic rings. The van der Waals surface area contributed by atoms with Crippen molar-refractivity contribution in [2.45, 2.75) is 13.1 Å². The molecule has 0 aliphatic carbocycles. The Bertz CT molecular complexity index is 384. The van der Waals surface area contributed by atoms with E-state index in [-0.39, 0.29) is 0 Å². The zero-order valence-electron chi connectivity index (χ0n) is 12.0. The molecule has 1 aromatic heterocycles. The van der Waals surface area contributed by atoms with Gasteiger partial charge in [0, 0.05) is 65.5 Å². The van der Waals surface area contributed by atoms with Crippen molar-refractivity contribution in [3.8, 4) is 0 Å². The number of aryl methyl sites for hydroxylation is 1. The Labute approximate surface area is 115 Å². The predicted molar refractivity (Wildman–Crippen MR) is 74.7 cm³/mol. The standard InChI is InChI=1S/C13H25N5O/c1-16-13(12(9-14)10-15-16)11-18-5-3-17(4-6-18)7-8-19-2/h10H,3-9,11,14H2,1-2H3. The summed E-state index contributed by atoms with van der Waals surface area (Å²) in [5, 5.41) is 4.29. The van der Waals surface area contributed by atoms with E-state index < -0.39 is 0 Å². The van der Waals surface area contributed by atoms with E-state index in [9.17, 15) is 0 Å². The van der Waals surface area contributed by atoms with Gasteiger partial charge in [-0.25, -0.2) is 0 Å². The molecule has 0 saturated carbocycles. The van der Waals surface area contributed by atoms with Crippen molar-refractivity contribution >= 4 is 0 Å². The molecule has 0 spiro atoms. The van der Waals surface area contributed by atoms with Gasteiger partial charge in [0.2, 0.25) is 0 Å². The predicted octanol–water partition coefficient (Wildman–Crippen LogP) is -0.357. The zero-order valence-corrected chi connectivity index (χ0v) is 12.0. The van der Waals surface area contributed by atoms with Crippen LogP contribution < -0.4 is 5.73 Å². The van der Waals surface area contributed by atoms with Crippen molar-refractivity contribution in [1.82, 2.24) is 19.6 Å². The lowest BCUT2D eigenvalue weighted by atomic mass is 10.2. The Kier molecular flexibility index (Phi) is 5.33. The number of nitrogens with zero attached hydrogens (tertiary/aromatic N) is 4. The minimum absolute atomic E-state index is 0.566. The first-order chi connectivity index (χ1) is 9.24. The van der Waals surface area contributed by atoms with Crippen LogP contribution in [0.3, 0.4) is 0 Å². The number of methoxy groups -OCH3 is 1. The minimum Gasteiger partial charge on any atom is -0.383 e. The first-order valence-electron chi connectivity index (χ1n) is 6.88. The molecule has 2 N–H and O–H groups in total. The van der Waals surface area contributed by atoms with E-state index in [1.54, 1.807) is 7.11 Å². The molecule has 0 unspecified atom stereocenters. The number of hydrogen-bond donors (Lipinski definition) is 1. The summed E-state index contributed by atoms with van der Waals surface area (Å²) >= 11 is 0. The number of aromatic nitrogens is 2. The van der Waals surface area contributed by atoms with Crippen LogP contribution in [0.25, 0.3) is 0 Å². The van der Waals surface area contributed by atoms with Gasteiger partial charge in [-0.1, -0.05) is 0 Å². The van der Waals surface area contributed by atoms with Gasteiger partial charge in [-0.15, -0.1) is 0 Å². The highest BCUT2D eigenvalue weighted by Crippen LogP contribution is 2.12. The Hall–Kier alpha value is -0.950. The molecule has 1 aromatic rings. The molecule has 108 valence electrons. The number of ether oxygens (including phenoxy) is 1. The monoisotopic (exact) mass is 267 g/mol. The third kappa shape index (κ3) is 3.76. The Morgan fingerprint density at radius 2 is 1.95 bits per heavy atom. The highest BCUT2D eigenvalue weighted by atomic mass is 16.5. The van der Waals surface area contributed by atoms with E-state index >= 15 is 0 Å². The van der Waals surface area contributed by atoms with Crippen LogP contribution in [-0.4, -0.2) is 66.0 Å². The van der Waals surface area contributed by atoms with Gasteiger partial charge < -0.3 is 10.5 Å². The molecule has 19 heavy (non-hydrogen) atoms. The van der Waals surface area contributed by atoms with E-state index in [0.29, 0.717) is 6.54 Å². The Morgan fingerprint density at radius 3 is 2.58 bits per heavy atom. The summed E-state index contributed by atoms with van der Waals surface area (Å²) in [7, 11) is 3.75. The highest BCUT2D eigenvalue weighted by Gasteiger charge is 2.18. The molecule has 0 aromatic carbocycles. The fraction of sp³-hybridized carbons (Fsp3) is 0.769. The molecule has 0 bridgehead atoms. The summed E-state index contributed by atoms with van der Waals surface area (Å²) in [6.07, 6.45) is 1.88. The molecule has 1 aliphatic heterocycles. The minimum atomic E-state index is 0.566. The lowest BCUT2D eigenvalue weighted by Crippen LogP contribution is -2.47. The zero-order chi connectivity index (χ0) is 13.7. The second-order valence-corrected chi connectivity index (χ2v) is 5.05. The van der Waals surface area contributed by atoms with Crippen molar-refractivity contribution < 1.29 is 4.74 Å². The molecular formula is C13H25N5O. The topological polar surface area (TPSA) is 59.6 Å². The lowest BCUT2D eigenvalue weighted by Gasteiger charge is -2.34. The molecular weight excluding hydrogens is 242 g/mol. The summed E-state index contributed by atoms with van der Waals surface area (Å²) in [6, 6.07) is 0. The summed E-state index contributed by atoms with van der Waals surface area (Å²) in [4.78, 5) is 4.92. The summed E-state index contributed by atoms with van der Waals surface area (Å²) in [5.41, 5.74) is 8.15. The fourth-order valence-corrected chi connectivity index (χ4v) is 2.49. The molecule has 2 rings (SSSR count). The average Bonchev–Trinajstić information content (AvgIpc) is 2.79. The van der Waals surface area contributed by atoms with Gasteiger partial charge in [-0.3, -0.25) is 14.5 Å². The normalized spacial score (nSPS) is 18.1. The van der Waals surface area contributed by atoms with Crippen molar-refractivity contribution in [2.24, 2.45) is 12.8 Å². The fourth-order valence-electron chi connectivity index (χ4n) is 2.49. The molecule has 6 nitrogen and oxygen atoms in total. The Morgan fingerprint density at radius 1 is 1.26 bits per heavy atom. The van der Waals surface area contributed by atoms with E-state index in [2.05, 4.69) is 14.9 Å². The summed E-state index contributed by atoms with van der Waals surface area (Å²) in [6.45, 7) is 7.78. The molecule has 0 amide bonds. The molecule has 6 heteroatoms. The van der Waals surface area contributed by atoms with Gasteiger partial charge in [0.05, 0.1) is 18.5 Å². The molecule has 0 atom stereocenters. The van der Waals surface area contributed by atoms with Gasteiger partial charge >= 0.3 is 0 Å². The van der Waals surface area contributed by atoms with Crippen LogP contribution >= 0.6 is 0 Å². The summed E-state index contributed by atoms with van der Waals surface area (Å²) in [5.74, 6) is 0. The van der Waals surface area contributed by atoms with Gasteiger partial charge in [0.1, 0.15) is 0 Å². The number of nitrogens with two attached hydrogens (primary N) is 1. The highest BCUT2D eigenvalue weighted by molar-refractivity contribution is 5.17. The maximum atomic E-state index is 5.75. The van der Waals surface area contributed by atoms with Crippen LogP contribution in [0.4, 0.5) is 0 Å². The van der Waals surface area contributed by atoms with Crippen LogP contribution in [0.5, 0.6) is 0 Å². The summed E-state index contributed by atoms with van der Waals surface area (Å²) < 4.78 is 7.07. The van der Waals surface area contributed by atoms with Crippen LogP contribution in [0.15, 0.2) is 6.20 Å². The van der Waals surface area contributed by atoms with Gasteiger partial charge in [0.25, 0.3) is 0 Å². The Balaban J connectivity index is 1.83. The maximum absolute atomic E-state index is 5.75. The SMILES string of the molecule is COCCN1CCN(Cc2c(CN)cnn2C)CC1.